The van der Waals surface area contributed by atoms with E-state index in [9.17, 15) is 4.79 Å². The fourth-order valence-electron chi connectivity index (χ4n) is 2.44. The average molecular weight is 298 g/mol. The lowest BCUT2D eigenvalue weighted by Gasteiger charge is -2.13. The molecule has 3 rings (SSSR count). The summed E-state index contributed by atoms with van der Waals surface area (Å²) in [6, 6.07) is 2.10. The largest absolute Gasteiger partial charge is 0.444 e. The number of oxazole rings is 1. The summed E-state index contributed by atoms with van der Waals surface area (Å²) in [5.74, 6) is 0.330. The first-order valence-electron chi connectivity index (χ1n) is 7.29. The maximum Gasteiger partial charge on any atom is 0.231 e. The Morgan fingerprint density at radius 2 is 2.18 bits per heavy atom. The van der Waals surface area contributed by atoms with Crippen molar-refractivity contribution in [1.29, 1.82) is 0 Å². The fraction of sp³-hybridized carbons (Fsp3) is 0.312. The Labute approximate surface area is 127 Å². The van der Waals surface area contributed by atoms with Crippen LogP contribution in [0.4, 0.5) is 5.69 Å². The molecule has 3 heterocycles. The summed E-state index contributed by atoms with van der Waals surface area (Å²) < 4.78 is 7.21. The predicted molar refractivity (Wildman–Crippen MR) is 85.9 cm³/mol. The number of hydrogen-bond donors (Lipinski definition) is 1. The van der Waals surface area contributed by atoms with E-state index in [2.05, 4.69) is 15.3 Å². The molecule has 0 aromatic carbocycles. The summed E-state index contributed by atoms with van der Waals surface area (Å²) in [6.07, 6.45) is 6.49. The Morgan fingerprint density at radius 3 is 2.82 bits per heavy atom. The lowest BCUT2D eigenvalue weighted by molar-refractivity contribution is 0.573. The third-order valence-electron chi connectivity index (χ3n) is 3.37. The maximum absolute atomic E-state index is 12.8. The van der Waals surface area contributed by atoms with Gasteiger partial charge in [-0.05, 0) is 26.8 Å². The van der Waals surface area contributed by atoms with Crippen LogP contribution in [0.1, 0.15) is 20.8 Å². The second-order valence-corrected chi connectivity index (χ2v) is 5.39. The van der Waals surface area contributed by atoms with Gasteiger partial charge < -0.3 is 14.3 Å². The molecule has 0 atom stereocenters. The average Bonchev–Trinajstić information content (AvgIpc) is 3.01. The number of pyridine rings is 2. The van der Waals surface area contributed by atoms with Gasteiger partial charge in [-0.15, -0.1) is 0 Å². The molecule has 0 saturated heterocycles. The topological polar surface area (TPSA) is 73.0 Å². The van der Waals surface area contributed by atoms with Gasteiger partial charge in [0.15, 0.2) is 0 Å². The Kier molecular flexibility index (Phi) is 3.66. The van der Waals surface area contributed by atoms with Crippen molar-refractivity contribution in [1.82, 2.24) is 14.5 Å². The molecule has 0 amide bonds. The lowest BCUT2D eigenvalue weighted by atomic mass is 10.1. The van der Waals surface area contributed by atoms with Crippen LogP contribution in [0.25, 0.3) is 22.5 Å². The predicted octanol–water partition coefficient (Wildman–Crippen LogP) is 2.89. The van der Waals surface area contributed by atoms with Gasteiger partial charge in [-0.25, -0.2) is 9.97 Å². The van der Waals surface area contributed by atoms with Crippen molar-refractivity contribution in [3.63, 3.8) is 0 Å². The SMILES string of the molecule is CCn1cc(-c2ncco2)c(=O)c2cc(NC(C)C)cnc21. The molecule has 0 bridgehead atoms. The van der Waals surface area contributed by atoms with Gasteiger partial charge in [0.25, 0.3) is 0 Å². The number of aromatic nitrogens is 3. The van der Waals surface area contributed by atoms with Gasteiger partial charge in [-0.2, -0.15) is 0 Å². The molecule has 114 valence electrons. The molecular formula is C16H18N4O2. The molecule has 0 aliphatic heterocycles. The zero-order chi connectivity index (χ0) is 15.7. The van der Waals surface area contributed by atoms with E-state index in [4.69, 9.17) is 4.42 Å². The summed E-state index contributed by atoms with van der Waals surface area (Å²) in [7, 11) is 0. The molecule has 22 heavy (non-hydrogen) atoms. The molecule has 0 radical (unpaired) electrons. The Hall–Kier alpha value is -2.63. The standard InChI is InChI=1S/C16H18N4O2/c1-4-20-9-13(16-17-5-6-22-16)14(21)12-7-11(19-10(2)3)8-18-15(12)20/h5-10,19H,4H2,1-3H3. The number of nitrogens with zero attached hydrogens (tertiary/aromatic N) is 3. The smallest absolute Gasteiger partial charge is 0.231 e. The van der Waals surface area contributed by atoms with Gasteiger partial charge in [0.2, 0.25) is 11.3 Å². The van der Waals surface area contributed by atoms with Crippen molar-refractivity contribution in [2.75, 3.05) is 5.32 Å². The van der Waals surface area contributed by atoms with Crippen molar-refractivity contribution in [2.24, 2.45) is 0 Å². The van der Waals surface area contributed by atoms with Crippen molar-refractivity contribution in [3.05, 3.63) is 41.1 Å². The maximum atomic E-state index is 12.8. The van der Waals surface area contributed by atoms with Crippen molar-refractivity contribution in [3.8, 4) is 11.5 Å². The highest BCUT2D eigenvalue weighted by molar-refractivity contribution is 5.82. The minimum Gasteiger partial charge on any atom is -0.444 e. The molecule has 0 unspecified atom stereocenters. The monoisotopic (exact) mass is 298 g/mol. The lowest BCUT2D eigenvalue weighted by Crippen LogP contribution is -2.15. The molecule has 0 aliphatic carbocycles. The molecule has 0 fully saturated rings. The molecule has 0 saturated carbocycles. The third-order valence-corrected chi connectivity index (χ3v) is 3.37. The first-order valence-corrected chi connectivity index (χ1v) is 7.29. The van der Waals surface area contributed by atoms with Crippen LogP contribution in [0.15, 0.2) is 40.1 Å². The molecule has 3 aromatic rings. The Bertz CT molecular complexity index is 850. The van der Waals surface area contributed by atoms with Gasteiger partial charge >= 0.3 is 0 Å². The first-order chi connectivity index (χ1) is 10.6. The molecule has 6 heteroatoms. The van der Waals surface area contributed by atoms with E-state index < -0.39 is 0 Å². The van der Waals surface area contributed by atoms with Crippen LogP contribution in [-0.4, -0.2) is 20.6 Å². The van der Waals surface area contributed by atoms with Crippen LogP contribution in [0.2, 0.25) is 0 Å². The van der Waals surface area contributed by atoms with E-state index in [0.29, 0.717) is 29.0 Å². The second kappa shape index (κ2) is 5.63. The highest BCUT2D eigenvalue weighted by Crippen LogP contribution is 2.20. The Balaban J connectivity index is 2.27. The van der Waals surface area contributed by atoms with Gasteiger partial charge in [-0.1, -0.05) is 0 Å². The number of rotatable bonds is 4. The molecule has 0 spiro atoms. The molecular weight excluding hydrogens is 280 g/mol. The number of aryl methyl sites for hydroxylation is 1. The summed E-state index contributed by atoms with van der Waals surface area (Å²) in [4.78, 5) is 21.3. The summed E-state index contributed by atoms with van der Waals surface area (Å²) in [5, 5.41) is 3.82. The molecule has 0 aliphatic rings. The molecule has 6 nitrogen and oxygen atoms in total. The number of fused-ring (bicyclic) bond motifs is 1. The Morgan fingerprint density at radius 1 is 1.36 bits per heavy atom. The van der Waals surface area contributed by atoms with E-state index in [1.807, 2.05) is 31.4 Å². The summed E-state index contributed by atoms with van der Waals surface area (Å²) in [5.41, 5.74) is 1.81. The van der Waals surface area contributed by atoms with Crippen molar-refractivity contribution >= 4 is 16.7 Å². The van der Waals surface area contributed by atoms with Gasteiger partial charge in [-0.3, -0.25) is 4.79 Å². The van der Waals surface area contributed by atoms with Crippen molar-refractivity contribution in [2.45, 2.75) is 33.4 Å². The van der Waals surface area contributed by atoms with E-state index in [-0.39, 0.29) is 11.5 Å². The normalized spacial score (nSPS) is 11.3. The molecule has 3 aromatic heterocycles. The van der Waals surface area contributed by atoms with Crippen LogP contribution in [0.3, 0.4) is 0 Å². The highest BCUT2D eigenvalue weighted by Gasteiger charge is 2.14. The van der Waals surface area contributed by atoms with Crippen LogP contribution < -0.4 is 10.7 Å². The van der Waals surface area contributed by atoms with Gasteiger partial charge in [0.05, 0.1) is 23.5 Å². The number of nitrogens with one attached hydrogen (secondary N) is 1. The van der Waals surface area contributed by atoms with Crippen LogP contribution >= 0.6 is 0 Å². The quantitative estimate of drug-likeness (QED) is 0.801. The highest BCUT2D eigenvalue weighted by atomic mass is 16.3. The zero-order valence-corrected chi connectivity index (χ0v) is 12.8. The van der Waals surface area contributed by atoms with Gasteiger partial charge in [0.1, 0.15) is 17.5 Å². The van der Waals surface area contributed by atoms with E-state index >= 15 is 0 Å². The van der Waals surface area contributed by atoms with E-state index in [1.54, 1.807) is 12.4 Å². The van der Waals surface area contributed by atoms with Crippen molar-refractivity contribution < 1.29 is 4.42 Å². The summed E-state index contributed by atoms with van der Waals surface area (Å²) in [6.45, 7) is 6.79. The molecule has 1 N–H and O–H groups in total. The van der Waals surface area contributed by atoms with Crippen LogP contribution in [0.5, 0.6) is 0 Å². The summed E-state index contributed by atoms with van der Waals surface area (Å²) >= 11 is 0. The third kappa shape index (κ3) is 2.47. The minimum atomic E-state index is -0.123. The van der Waals surface area contributed by atoms with Crippen LogP contribution in [0, 0.1) is 0 Å². The number of anilines is 1. The number of hydrogen-bond acceptors (Lipinski definition) is 5. The van der Waals surface area contributed by atoms with E-state index in [1.165, 1.54) is 12.5 Å². The zero-order valence-electron chi connectivity index (χ0n) is 12.8. The minimum absolute atomic E-state index is 0.123. The second-order valence-electron chi connectivity index (χ2n) is 5.39. The van der Waals surface area contributed by atoms with Gasteiger partial charge in [0, 0.05) is 18.8 Å². The fourth-order valence-corrected chi connectivity index (χ4v) is 2.44. The van der Waals surface area contributed by atoms with E-state index in [0.717, 1.165) is 5.69 Å². The first kappa shape index (κ1) is 14.3. The van der Waals surface area contributed by atoms with Crippen LogP contribution in [-0.2, 0) is 6.54 Å².